The first-order chi connectivity index (χ1) is 30.8. The minimum atomic E-state index is -0.543. The minimum absolute atomic E-state index is 0.0962. The summed E-state index contributed by atoms with van der Waals surface area (Å²) < 4.78 is 28.3. The second-order valence-electron chi connectivity index (χ2n) is 15.6. The third kappa shape index (κ3) is 14.2. The van der Waals surface area contributed by atoms with Gasteiger partial charge in [-0.1, -0.05) is 65.2 Å². The SMILES string of the molecule is CCCCCCCOc1ccc(C(=O)Oc2ccc(C(=O)Oc3ccc(N4CCN(C(=O)c5ccc(OC(=O)c6ccc(OCCCCCCC)cc6)cc5)CC4)cc3)cc2)cc1. The summed E-state index contributed by atoms with van der Waals surface area (Å²) in [6, 6.07) is 33.8. The molecular weight excluding hydrogens is 797 g/mol. The lowest BCUT2D eigenvalue weighted by atomic mass is 10.1. The van der Waals surface area contributed by atoms with Gasteiger partial charge < -0.3 is 33.5 Å². The van der Waals surface area contributed by atoms with Crippen LogP contribution in [0.4, 0.5) is 5.69 Å². The summed E-state index contributed by atoms with van der Waals surface area (Å²) in [6.45, 7) is 7.98. The van der Waals surface area contributed by atoms with Crippen LogP contribution in [0.15, 0.2) is 121 Å². The molecule has 1 fully saturated rings. The van der Waals surface area contributed by atoms with Gasteiger partial charge in [0.15, 0.2) is 0 Å². The molecule has 330 valence electrons. The molecule has 5 aromatic carbocycles. The van der Waals surface area contributed by atoms with Crippen LogP contribution < -0.4 is 28.6 Å². The van der Waals surface area contributed by atoms with Crippen LogP contribution in [0, 0.1) is 0 Å². The molecule has 0 atom stereocenters. The highest BCUT2D eigenvalue weighted by atomic mass is 16.5. The van der Waals surface area contributed by atoms with E-state index in [1.807, 2.05) is 12.1 Å². The first-order valence-electron chi connectivity index (χ1n) is 22.3. The van der Waals surface area contributed by atoms with Gasteiger partial charge in [-0.2, -0.15) is 0 Å². The number of anilines is 1. The van der Waals surface area contributed by atoms with E-state index >= 15 is 0 Å². The standard InChI is InChI=1S/C52H58N2O9/c1-3-5-7-9-11-37-59-44-23-15-40(16-24-44)50(56)61-46-27-13-39(14-28-46)49(55)54-35-33-53(34-36-54)43-21-31-48(32-22-43)63-52(58)42-19-29-47(30-20-42)62-51(57)41-17-25-45(26-18-41)60-38-12-10-8-6-4-2/h13-32H,3-12,33-38H2,1-2H3. The molecule has 0 N–H and O–H groups in total. The van der Waals surface area contributed by atoms with Crippen molar-refractivity contribution in [2.45, 2.75) is 78.1 Å². The average Bonchev–Trinajstić information content (AvgIpc) is 3.32. The van der Waals surface area contributed by atoms with Crippen LogP contribution in [0.2, 0.25) is 0 Å². The average molecular weight is 855 g/mol. The maximum Gasteiger partial charge on any atom is 0.343 e. The van der Waals surface area contributed by atoms with Crippen LogP contribution >= 0.6 is 0 Å². The number of hydrogen-bond acceptors (Lipinski definition) is 10. The van der Waals surface area contributed by atoms with Crippen molar-refractivity contribution in [3.8, 4) is 28.7 Å². The number of carbonyl (C=O) groups is 4. The van der Waals surface area contributed by atoms with Gasteiger partial charge in [-0.05, 0) is 134 Å². The lowest BCUT2D eigenvalue weighted by Gasteiger charge is -2.36. The van der Waals surface area contributed by atoms with Gasteiger partial charge in [0.1, 0.15) is 28.7 Å². The van der Waals surface area contributed by atoms with E-state index in [0.717, 1.165) is 37.1 Å². The largest absolute Gasteiger partial charge is 0.494 e. The van der Waals surface area contributed by atoms with Crippen LogP contribution in [-0.4, -0.2) is 68.1 Å². The molecule has 0 bridgehead atoms. The number of esters is 3. The Balaban J connectivity index is 0.893. The molecule has 1 amide bonds. The molecular formula is C52H58N2O9. The van der Waals surface area contributed by atoms with Gasteiger partial charge >= 0.3 is 17.9 Å². The van der Waals surface area contributed by atoms with Crippen LogP contribution in [0.1, 0.15) is 119 Å². The third-order valence-corrected chi connectivity index (χ3v) is 10.8. The quantitative estimate of drug-likeness (QED) is 0.0378. The molecule has 5 aromatic rings. The molecule has 0 unspecified atom stereocenters. The molecule has 1 heterocycles. The molecule has 6 rings (SSSR count). The van der Waals surface area contributed by atoms with Gasteiger partial charge in [0.05, 0.1) is 29.9 Å². The Labute approximate surface area is 370 Å². The van der Waals surface area contributed by atoms with E-state index in [-0.39, 0.29) is 5.91 Å². The number of carbonyl (C=O) groups excluding carboxylic acids is 4. The van der Waals surface area contributed by atoms with Gasteiger partial charge in [-0.15, -0.1) is 0 Å². The van der Waals surface area contributed by atoms with Crippen LogP contribution in [0.5, 0.6) is 28.7 Å². The zero-order valence-corrected chi connectivity index (χ0v) is 36.4. The monoisotopic (exact) mass is 854 g/mol. The fourth-order valence-corrected chi connectivity index (χ4v) is 7.06. The lowest BCUT2D eigenvalue weighted by Crippen LogP contribution is -2.48. The summed E-state index contributed by atoms with van der Waals surface area (Å²) >= 11 is 0. The molecule has 0 saturated carbocycles. The van der Waals surface area contributed by atoms with E-state index < -0.39 is 17.9 Å². The minimum Gasteiger partial charge on any atom is -0.494 e. The normalized spacial score (nSPS) is 12.3. The Morgan fingerprint density at radius 2 is 0.730 bits per heavy atom. The number of ether oxygens (including phenoxy) is 5. The van der Waals surface area contributed by atoms with Gasteiger partial charge in [0, 0.05) is 37.4 Å². The predicted octanol–water partition coefficient (Wildman–Crippen LogP) is 11.0. The molecule has 11 heteroatoms. The summed E-state index contributed by atoms with van der Waals surface area (Å²) in [5.41, 5.74) is 2.57. The molecule has 63 heavy (non-hydrogen) atoms. The number of amides is 1. The molecule has 1 aliphatic rings. The second-order valence-corrected chi connectivity index (χ2v) is 15.6. The maximum atomic E-state index is 13.3. The van der Waals surface area contributed by atoms with Crippen molar-refractivity contribution < 1.29 is 42.9 Å². The first-order valence-corrected chi connectivity index (χ1v) is 22.3. The predicted molar refractivity (Wildman–Crippen MR) is 244 cm³/mol. The van der Waals surface area contributed by atoms with E-state index in [1.54, 1.807) is 114 Å². The van der Waals surface area contributed by atoms with Gasteiger partial charge in [-0.25, -0.2) is 14.4 Å². The highest BCUT2D eigenvalue weighted by Gasteiger charge is 2.23. The molecule has 0 spiro atoms. The molecule has 1 saturated heterocycles. The van der Waals surface area contributed by atoms with Gasteiger partial charge in [-0.3, -0.25) is 4.79 Å². The molecule has 0 aromatic heterocycles. The van der Waals surface area contributed by atoms with Crippen LogP contribution in [0.25, 0.3) is 0 Å². The Kier molecular flexibility index (Phi) is 17.6. The topological polar surface area (TPSA) is 121 Å². The van der Waals surface area contributed by atoms with Crippen molar-refractivity contribution in [3.05, 3.63) is 144 Å². The summed E-state index contributed by atoms with van der Waals surface area (Å²) in [5, 5.41) is 0. The molecule has 1 aliphatic heterocycles. The fraction of sp³-hybridized carbons (Fsp3) is 0.346. The lowest BCUT2D eigenvalue weighted by molar-refractivity contribution is 0.0722. The molecule has 0 radical (unpaired) electrons. The summed E-state index contributed by atoms with van der Waals surface area (Å²) in [6.07, 6.45) is 11.6. The summed E-state index contributed by atoms with van der Waals surface area (Å²) in [7, 11) is 0. The van der Waals surface area contributed by atoms with E-state index in [1.165, 1.54) is 38.5 Å². The zero-order chi connectivity index (χ0) is 44.2. The second kappa shape index (κ2) is 24.1. The zero-order valence-electron chi connectivity index (χ0n) is 36.4. The Hall–Kier alpha value is -6.62. The van der Waals surface area contributed by atoms with E-state index in [0.29, 0.717) is 84.6 Å². The first kappa shape index (κ1) is 45.9. The summed E-state index contributed by atoms with van der Waals surface area (Å²) in [5.74, 6) is 0.840. The van der Waals surface area contributed by atoms with Crippen molar-refractivity contribution >= 4 is 29.5 Å². The number of nitrogens with zero attached hydrogens (tertiary/aromatic N) is 2. The Morgan fingerprint density at radius 3 is 1.11 bits per heavy atom. The number of hydrogen-bond donors (Lipinski definition) is 0. The Morgan fingerprint density at radius 1 is 0.397 bits per heavy atom. The molecule has 11 nitrogen and oxygen atoms in total. The molecule has 0 aliphatic carbocycles. The van der Waals surface area contributed by atoms with E-state index in [9.17, 15) is 19.2 Å². The number of unbranched alkanes of at least 4 members (excludes halogenated alkanes) is 8. The fourth-order valence-electron chi connectivity index (χ4n) is 7.06. The number of rotatable bonds is 22. The van der Waals surface area contributed by atoms with Crippen LogP contribution in [-0.2, 0) is 0 Å². The van der Waals surface area contributed by atoms with E-state index in [2.05, 4.69) is 18.7 Å². The smallest absolute Gasteiger partial charge is 0.343 e. The van der Waals surface area contributed by atoms with Gasteiger partial charge in [0.25, 0.3) is 5.91 Å². The highest BCUT2D eigenvalue weighted by Crippen LogP contribution is 2.24. The van der Waals surface area contributed by atoms with Crippen molar-refractivity contribution in [1.82, 2.24) is 4.90 Å². The van der Waals surface area contributed by atoms with Gasteiger partial charge in [0.2, 0.25) is 0 Å². The van der Waals surface area contributed by atoms with Crippen molar-refractivity contribution in [3.63, 3.8) is 0 Å². The highest BCUT2D eigenvalue weighted by molar-refractivity contribution is 5.95. The van der Waals surface area contributed by atoms with Crippen molar-refractivity contribution in [1.29, 1.82) is 0 Å². The van der Waals surface area contributed by atoms with Crippen LogP contribution in [0.3, 0.4) is 0 Å². The maximum absolute atomic E-state index is 13.3. The Bertz CT molecular complexity index is 2200. The van der Waals surface area contributed by atoms with Crippen molar-refractivity contribution in [2.75, 3.05) is 44.3 Å². The number of piperazine rings is 1. The third-order valence-electron chi connectivity index (χ3n) is 10.8. The van der Waals surface area contributed by atoms with Crippen molar-refractivity contribution in [2.24, 2.45) is 0 Å². The van der Waals surface area contributed by atoms with E-state index in [4.69, 9.17) is 23.7 Å². The number of benzene rings is 5. The summed E-state index contributed by atoms with van der Waals surface area (Å²) in [4.78, 5) is 55.7.